The quantitative estimate of drug-likeness (QED) is 0.0241. The number of hydrogen-bond acceptors (Lipinski definition) is 17. The van der Waals surface area contributed by atoms with Crippen molar-refractivity contribution in [2.45, 2.75) is 0 Å². The third-order valence-electron chi connectivity index (χ3n) is 11.3. The van der Waals surface area contributed by atoms with E-state index in [9.17, 15) is 24.0 Å². The molecule has 27 nitrogen and oxygen atoms in total. The average Bonchev–Trinajstić information content (AvgIpc) is 4.27. The molecule has 0 saturated heterocycles. The Morgan fingerprint density at radius 2 is 0.835 bits per heavy atom. The average molecular weight is 1100 g/mol. The largest absolute Gasteiger partial charge is 0.491 e. The molecule has 7 N–H and O–H groups in total. The van der Waals surface area contributed by atoms with Crippen LogP contribution >= 0.6 is 0 Å². The molecule has 5 aromatic heterocycles. The van der Waals surface area contributed by atoms with E-state index in [4.69, 9.17) is 48.4 Å². The Labute approximate surface area is 456 Å². The van der Waals surface area contributed by atoms with Crippen molar-refractivity contribution in [1.29, 1.82) is 0 Å². The fourth-order valence-corrected chi connectivity index (χ4v) is 7.40. The summed E-state index contributed by atoms with van der Waals surface area (Å²) in [5, 5.41) is 13.7. The van der Waals surface area contributed by atoms with Gasteiger partial charge in [0.2, 0.25) is 5.82 Å². The topological polar surface area (TPSA) is 305 Å². The van der Waals surface area contributed by atoms with E-state index in [1.807, 2.05) is 12.1 Å². The Kier molecular flexibility index (Phi) is 24.5. The van der Waals surface area contributed by atoms with E-state index in [-0.39, 0.29) is 47.9 Å². The van der Waals surface area contributed by atoms with Crippen LogP contribution in [0.3, 0.4) is 0 Å². The predicted octanol–water partition coefficient (Wildman–Crippen LogP) is 2.70. The standard InChI is InChI=1S/C52H71N13O14/c1-61-12-10-54-46(61)51(69)57-40-32-43(63(3)35-40)49(67)56-38-31-44(64(4)33-38)50(68)60-45-36-65(5)47(59-45)52(70)58-39-30-42(62(2)34-39)48(66)55-11-13-71-14-15-72-16-17-73-18-19-74-20-21-75-22-23-76-24-25-77-26-27-78-28-29-79-41-8-6-37(53)7-9-41/h6-10,12,30-36H,11,13-29,53H2,1-5H3,(H,55,66)(H,56,67)(H,57,69)(H,58,70)(H,60,68). The number of carbonyl (C=O) groups excluding carboxylic acids is 5. The summed E-state index contributed by atoms with van der Waals surface area (Å²) < 4.78 is 57.4. The van der Waals surface area contributed by atoms with Crippen molar-refractivity contribution >= 4 is 58.1 Å². The van der Waals surface area contributed by atoms with Gasteiger partial charge in [-0.2, -0.15) is 0 Å². The molecule has 79 heavy (non-hydrogen) atoms. The van der Waals surface area contributed by atoms with Gasteiger partial charge in [-0.15, -0.1) is 0 Å². The van der Waals surface area contributed by atoms with Gasteiger partial charge in [-0.05, 0) is 42.5 Å². The number of ether oxygens (including phenoxy) is 9. The lowest BCUT2D eigenvalue weighted by Crippen LogP contribution is -2.29. The van der Waals surface area contributed by atoms with Crippen molar-refractivity contribution in [2.24, 2.45) is 35.2 Å². The predicted molar refractivity (Wildman–Crippen MR) is 290 cm³/mol. The smallest absolute Gasteiger partial charge is 0.291 e. The minimum Gasteiger partial charge on any atom is -0.491 e. The number of imidazole rings is 2. The Morgan fingerprint density at radius 1 is 0.443 bits per heavy atom. The van der Waals surface area contributed by atoms with Gasteiger partial charge < -0.3 is 97.8 Å². The van der Waals surface area contributed by atoms with Crippen LogP contribution in [0.4, 0.5) is 28.6 Å². The van der Waals surface area contributed by atoms with E-state index in [1.54, 1.807) is 85.9 Å². The van der Waals surface area contributed by atoms with Crippen molar-refractivity contribution < 1.29 is 66.6 Å². The summed E-state index contributed by atoms with van der Waals surface area (Å²) in [4.78, 5) is 73.8. The summed E-state index contributed by atoms with van der Waals surface area (Å²) >= 11 is 0. The normalized spacial score (nSPS) is 11.2. The number of nitrogens with one attached hydrogen (secondary N) is 5. The van der Waals surface area contributed by atoms with Crippen LogP contribution in [0.5, 0.6) is 5.75 Å². The number of rotatable bonds is 37. The monoisotopic (exact) mass is 1100 g/mol. The lowest BCUT2D eigenvalue weighted by Gasteiger charge is -2.09. The Morgan fingerprint density at radius 3 is 1.28 bits per heavy atom. The van der Waals surface area contributed by atoms with E-state index < -0.39 is 23.6 Å². The molecule has 5 heterocycles. The molecule has 0 radical (unpaired) electrons. The zero-order valence-corrected chi connectivity index (χ0v) is 45.2. The summed E-state index contributed by atoms with van der Waals surface area (Å²) in [6.07, 6.45) is 9.39. The first kappa shape index (κ1) is 60.3. The van der Waals surface area contributed by atoms with Crippen LogP contribution < -0.4 is 37.1 Å². The molecule has 0 aliphatic heterocycles. The number of amides is 5. The van der Waals surface area contributed by atoms with Gasteiger partial charge in [0.1, 0.15) is 29.4 Å². The van der Waals surface area contributed by atoms with Crippen molar-refractivity contribution in [3.8, 4) is 5.75 Å². The molecule has 5 amide bonds. The Bertz CT molecular complexity index is 2870. The number of aryl methyl sites for hydroxylation is 5. The molecule has 0 atom stereocenters. The van der Waals surface area contributed by atoms with Gasteiger partial charge in [0.25, 0.3) is 29.5 Å². The number of benzene rings is 1. The van der Waals surface area contributed by atoms with Crippen molar-refractivity contribution in [2.75, 3.05) is 146 Å². The van der Waals surface area contributed by atoms with Gasteiger partial charge in [-0.25, -0.2) is 9.97 Å². The SMILES string of the molecule is Cn1cc(NC(=O)c2nc(NC(=O)c3cc(NC(=O)c4cc(NC(=O)c5nccn5C)cn4C)cn3C)cn2C)cc1C(=O)NCCOCCOCCOCCOCCOCCOCCOCCOCCOc1ccc(N)cc1. The molecule has 0 aliphatic carbocycles. The zero-order valence-electron chi connectivity index (χ0n) is 45.2. The summed E-state index contributed by atoms with van der Waals surface area (Å²) in [5.41, 5.74) is 8.19. The zero-order chi connectivity index (χ0) is 56.4. The molecule has 1 aromatic carbocycles. The van der Waals surface area contributed by atoms with E-state index in [0.717, 1.165) is 5.75 Å². The maximum atomic E-state index is 13.3. The van der Waals surface area contributed by atoms with Gasteiger partial charge >= 0.3 is 0 Å². The van der Waals surface area contributed by atoms with Crippen LogP contribution in [0.2, 0.25) is 0 Å². The highest BCUT2D eigenvalue weighted by Crippen LogP contribution is 2.20. The van der Waals surface area contributed by atoms with Crippen molar-refractivity contribution in [1.82, 2.24) is 38.1 Å². The van der Waals surface area contributed by atoms with E-state index in [1.165, 1.54) is 39.7 Å². The van der Waals surface area contributed by atoms with E-state index in [2.05, 4.69) is 36.6 Å². The summed E-state index contributed by atoms with van der Waals surface area (Å²) in [5.74, 6) is -1.34. The van der Waals surface area contributed by atoms with Crippen LogP contribution in [-0.4, -0.2) is 181 Å². The Balaban J connectivity index is 0.743. The Hall–Kier alpha value is -7.89. The molecule has 0 unspecified atom stereocenters. The van der Waals surface area contributed by atoms with Crippen LogP contribution in [0, 0.1) is 0 Å². The third-order valence-corrected chi connectivity index (χ3v) is 11.3. The number of anilines is 5. The molecule has 0 bridgehead atoms. The number of nitrogens with zero attached hydrogens (tertiary/aromatic N) is 7. The number of nitrogens with two attached hydrogens (primary N) is 1. The molecular formula is C52H71N13O14. The van der Waals surface area contributed by atoms with E-state index in [0.29, 0.717) is 134 Å². The second kappa shape index (κ2) is 32.1. The molecular weight excluding hydrogens is 1030 g/mol. The minimum atomic E-state index is -0.580. The highest BCUT2D eigenvalue weighted by atomic mass is 16.6. The van der Waals surface area contributed by atoms with E-state index >= 15 is 0 Å². The third kappa shape index (κ3) is 20.1. The summed E-state index contributed by atoms with van der Waals surface area (Å²) in [6.45, 7) is 7.48. The number of nitrogen functional groups attached to an aromatic ring is 1. The highest BCUT2D eigenvalue weighted by Gasteiger charge is 2.22. The van der Waals surface area contributed by atoms with Crippen LogP contribution in [0.15, 0.2) is 79.6 Å². The van der Waals surface area contributed by atoms with Crippen LogP contribution in [-0.2, 0) is 73.1 Å². The molecule has 27 heteroatoms. The van der Waals surface area contributed by atoms with Crippen molar-refractivity contribution in [3.05, 3.63) is 108 Å². The fraction of sp³-hybridized carbons (Fsp3) is 0.442. The molecule has 0 saturated carbocycles. The summed E-state index contributed by atoms with van der Waals surface area (Å²) in [6, 6.07) is 11.8. The highest BCUT2D eigenvalue weighted by molar-refractivity contribution is 6.08. The lowest BCUT2D eigenvalue weighted by atomic mass is 10.3. The van der Waals surface area contributed by atoms with Gasteiger partial charge in [0, 0.05) is 84.7 Å². The molecule has 428 valence electrons. The van der Waals surface area contributed by atoms with Crippen LogP contribution in [0.1, 0.15) is 52.7 Å². The summed E-state index contributed by atoms with van der Waals surface area (Å²) in [7, 11) is 8.27. The first-order valence-corrected chi connectivity index (χ1v) is 25.4. The second-order valence-corrected chi connectivity index (χ2v) is 17.5. The molecule has 6 rings (SSSR count). The number of carbonyl (C=O) groups is 5. The van der Waals surface area contributed by atoms with Gasteiger partial charge in [0.15, 0.2) is 11.6 Å². The van der Waals surface area contributed by atoms with Crippen LogP contribution in [0.25, 0.3) is 0 Å². The molecule has 0 fully saturated rings. The van der Waals surface area contributed by atoms with Crippen molar-refractivity contribution in [3.63, 3.8) is 0 Å². The maximum absolute atomic E-state index is 13.3. The minimum absolute atomic E-state index is 0.00835. The van der Waals surface area contributed by atoms with Gasteiger partial charge in [0.05, 0.1) is 123 Å². The number of aromatic nitrogens is 7. The molecule has 0 aliphatic rings. The fourth-order valence-electron chi connectivity index (χ4n) is 7.40. The molecule has 0 spiro atoms. The maximum Gasteiger partial charge on any atom is 0.291 e. The van der Waals surface area contributed by atoms with Gasteiger partial charge in [-0.3, -0.25) is 24.0 Å². The first-order valence-electron chi connectivity index (χ1n) is 25.4. The second-order valence-electron chi connectivity index (χ2n) is 17.5. The first-order chi connectivity index (χ1) is 38.2. The number of hydrogen-bond donors (Lipinski definition) is 6. The molecule has 6 aromatic rings. The lowest BCUT2D eigenvalue weighted by molar-refractivity contribution is -0.0235. The van der Waals surface area contributed by atoms with Gasteiger partial charge in [-0.1, -0.05) is 0 Å².